The molecule has 5 heterocycles. The van der Waals surface area contributed by atoms with Crippen LogP contribution in [0.5, 0.6) is 0 Å². The number of aromatic nitrogens is 4. The van der Waals surface area contributed by atoms with Gasteiger partial charge >= 0.3 is 201 Å². The van der Waals surface area contributed by atoms with Gasteiger partial charge in [-0.05, 0) is 0 Å². The van der Waals surface area contributed by atoms with Gasteiger partial charge in [-0.2, -0.15) is 0 Å². The Morgan fingerprint density at radius 2 is 1.24 bits per heavy atom. The van der Waals surface area contributed by atoms with Crippen LogP contribution in [-0.2, 0) is 14.7 Å². The number of carbonyl (C=O) groups is 1. The first-order valence-corrected chi connectivity index (χ1v) is 11.6. The molecule has 3 aromatic heterocycles. The summed E-state index contributed by atoms with van der Waals surface area (Å²) < 4.78 is 2.07. The predicted molar refractivity (Wildman–Crippen MR) is 132 cm³/mol. The summed E-state index contributed by atoms with van der Waals surface area (Å²) in [4.78, 5) is 27.5. The van der Waals surface area contributed by atoms with Crippen LogP contribution in [0.1, 0.15) is 33.1 Å². The molecule has 0 radical (unpaired) electrons. The quantitative estimate of drug-likeness (QED) is 0.344. The molecule has 167 valence electrons. The van der Waals surface area contributed by atoms with Crippen LogP contribution < -0.4 is 9.00 Å². The van der Waals surface area contributed by atoms with Gasteiger partial charge in [0, 0.05) is 0 Å². The molecule has 4 aromatic rings. The summed E-state index contributed by atoms with van der Waals surface area (Å²) in [5.41, 5.74) is 7.61. The zero-order valence-corrected chi connectivity index (χ0v) is 18.8. The molecule has 6 nitrogen and oxygen atoms in total. The molecule has 0 amide bonds. The van der Waals surface area contributed by atoms with Crippen molar-refractivity contribution in [3.63, 3.8) is 0 Å². The van der Waals surface area contributed by atoms with Crippen molar-refractivity contribution in [2.45, 2.75) is 0 Å². The van der Waals surface area contributed by atoms with E-state index in [1.807, 2.05) is 72.8 Å². The van der Waals surface area contributed by atoms with Gasteiger partial charge in [0.05, 0.1) is 0 Å². The standard InChI is InChI=1S/C20H13N4.C7H5O2.Co/c1-2-14-10-16-5-6-18(23-16)12-20-8-7-19(24-20)11-17-4-3-15(22-17)9-13(1)21-14;8-7(9)6-4-2-1-3-5-6;/h1-7,9-12,21,24H;2-5H,(H,8,9);. The first kappa shape index (κ1) is 20.4. The molecule has 7 heteroatoms. The number of hydrogen-bond acceptors (Lipinski definition) is 3. The van der Waals surface area contributed by atoms with Crippen molar-refractivity contribution in [3.05, 3.63) is 95.1 Å². The van der Waals surface area contributed by atoms with Gasteiger partial charge < -0.3 is 0 Å². The van der Waals surface area contributed by atoms with Crippen LogP contribution in [0.15, 0.2) is 66.7 Å². The molecule has 1 aromatic carbocycles. The van der Waals surface area contributed by atoms with E-state index in [1.165, 1.54) is 0 Å². The van der Waals surface area contributed by atoms with Crippen molar-refractivity contribution in [2.24, 2.45) is 0 Å². The van der Waals surface area contributed by atoms with Gasteiger partial charge in [-0.15, -0.1) is 0 Å². The third-order valence-electron chi connectivity index (χ3n) is 5.36. The minimum atomic E-state index is -0.927. The zero-order chi connectivity index (χ0) is 23.1. The van der Waals surface area contributed by atoms with Crippen molar-refractivity contribution in [1.82, 2.24) is 19.9 Å². The number of aromatic carboxylic acids is 1. The molecule has 0 spiro atoms. The van der Waals surface area contributed by atoms with Crippen LogP contribution in [0.3, 0.4) is 0 Å². The van der Waals surface area contributed by atoms with Crippen LogP contribution >= 0.6 is 0 Å². The summed E-state index contributed by atoms with van der Waals surface area (Å²) in [6.07, 6.45) is 7.99. The fraction of sp³-hybridized carbons (Fsp3) is 0. The Hall–Kier alpha value is -4.20. The molecular formula is C27H18CoN4O2. The molecular weight excluding hydrogens is 471 g/mol. The average Bonchev–Trinajstić information content (AvgIpc) is 3.60. The van der Waals surface area contributed by atoms with E-state index in [-0.39, 0.29) is 5.56 Å². The molecule has 0 unspecified atom stereocenters. The SMILES string of the molecule is O=C(O)c1cc[c]([Co][c]2cc3cc4nc(cc5ccc(cc6nc(cc2[nH]3)C=C6)[nH]5)C=C4)cc1. The zero-order valence-electron chi connectivity index (χ0n) is 17.7. The number of nitrogens with zero attached hydrogens (tertiary/aromatic N) is 2. The maximum absolute atomic E-state index is 11.2. The summed E-state index contributed by atoms with van der Waals surface area (Å²) >= 11 is 1.00. The van der Waals surface area contributed by atoms with Crippen molar-refractivity contribution >= 4 is 61.3 Å². The van der Waals surface area contributed by atoms with Crippen molar-refractivity contribution in [3.8, 4) is 0 Å². The Kier molecular flexibility index (Phi) is 4.98. The van der Waals surface area contributed by atoms with E-state index in [0.29, 0.717) is 0 Å². The number of benzene rings is 1. The number of carboxylic acids is 1. The number of H-pyrrole nitrogens is 2. The van der Waals surface area contributed by atoms with Crippen LogP contribution in [0.4, 0.5) is 0 Å². The average molecular weight is 489 g/mol. The molecule has 0 aliphatic carbocycles. The van der Waals surface area contributed by atoms with E-state index in [9.17, 15) is 9.90 Å². The summed E-state index contributed by atoms with van der Waals surface area (Å²) in [7, 11) is 0. The first-order valence-electron chi connectivity index (χ1n) is 10.6. The Balaban J connectivity index is 1.53. The number of nitrogens with one attached hydrogen (secondary N) is 2. The second kappa shape index (κ2) is 8.29. The molecule has 8 bridgehead atoms. The molecule has 0 saturated carbocycles. The number of fused-ring (bicyclic) bond motifs is 8. The van der Waals surface area contributed by atoms with Crippen LogP contribution in [0.25, 0.3) is 46.4 Å². The second-order valence-corrected chi connectivity index (χ2v) is 9.29. The van der Waals surface area contributed by atoms with E-state index in [2.05, 4.69) is 16.0 Å². The Bertz CT molecular complexity index is 1660. The Morgan fingerprint density at radius 3 is 1.82 bits per heavy atom. The third kappa shape index (κ3) is 4.22. The molecule has 34 heavy (non-hydrogen) atoms. The molecule has 0 fully saturated rings. The van der Waals surface area contributed by atoms with Gasteiger partial charge in [0.15, 0.2) is 0 Å². The number of hydrogen-bond donors (Lipinski definition) is 3. The molecule has 6 rings (SSSR count). The van der Waals surface area contributed by atoms with Gasteiger partial charge in [-0.1, -0.05) is 0 Å². The van der Waals surface area contributed by atoms with Gasteiger partial charge in [-0.25, -0.2) is 0 Å². The molecule has 0 atom stereocenters. The van der Waals surface area contributed by atoms with E-state index in [0.717, 1.165) is 68.5 Å². The fourth-order valence-electron chi connectivity index (χ4n) is 3.78. The number of carboxylic acid groups (broad SMARTS) is 1. The van der Waals surface area contributed by atoms with E-state index in [1.54, 1.807) is 12.1 Å². The van der Waals surface area contributed by atoms with E-state index in [4.69, 9.17) is 9.97 Å². The van der Waals surface area contributed by atoms with Crippen molar-refractivity contribution < 1.29 is 24.6 Å². The topological polar surface area (TPSA) is 94.7 Å². The third-order valence-corrected chi connectivity index (χ3v) is 6.72. The minimum absolute atomic E-state index is 0.277. The molecule has 2 aliphatic heterocycles. The summed E-state index contributed by atoms with van der Waals surface area (Å²) in [6.45, 7) is 0. The van der Waals surface area contributed by atoms with Crippen molar-refractivity contribution in [2.75, 3.05) is 0 Å². The first-order chi connectivity index (χ1) is 16.6. The number of rotatable bonds is 3. The Labute approximate surface area is 200 Å². The summed E-state index contributed by atoms with van der Waals surface area (Å²) in [5.74, 6) is -0.927. The summed E-state index contributed by atoms with van der Waals surface area (Å²) in [5, 5.41) is 9.17. The Morgan fingerprint density at radius 1 is 0.676 bits per heavy atom. The fourth-order valence-corrected chi connectivity index (χ4v) is 4.97. The van der Waals surface area contributed by atoms with Gasteiger partial charge in [0.2, 0.25) is 0 Å². The van der Waals surface area contributed by atoms with Crippen LogP contribution in [-0.4, -0.2) is 31.0 Å². The van der Waals surface area contributed by atoms with Gasteiger partial charge in [0.1, 0.15) is 0 Å². The predicted octanol–water partition coefficient (Wildman–Crippen LogP) is 4.39. The number of aromatic amines is 2. The van der Waals surface area contributed by atoms with Crippen molar-refractivity contribution in [1.29, 1.82) is 0 Å². The maximum atomic E-state index is 11.2. The van der Waals surface area contributed by atoms with Gasteiger partial charge in [0.25, 0.3) is 0 Å². The molecule has 3 N–H and O–H groups in total. The van der Waals surface area contributed by atoms with Gasteiger partial charge in [-0.3, -0.25) is 0 Å². The second-order valence-electron chi connectivity index (χ2n) is 7.87. The normalized spacial score (nSPS) is 12.4. The molecule has 2 aliphatic rings. The van der Waals surface area contributed by atoms with Crippen LogP contribution in [0.2, 0.25) is 0 Å². The monoisotopic (exact) mass is 489 g/mol. The van der Waals surface area contributed by atoms with Crippen LogP contribution in [0, 0.1) is 0 Å². The molecule has 0 saturated heterocycles. The van der Waals surface area contributed by atoms with E-state index >= 15 is 0 Å². The van der Waals surface area contributed by atoms with E-state index < -0.39 is 5.97 Å². The summed E-state index contributed by atoms with van der Waals surface area (Å²) in [6, 6.07) is 21.2.